The van der Waals surface area contributed by atoms with Gasteiger partial charge >= 0.3 is 0 Å². The third-order valence-corrected chi connectivity index (χ3v) is 5.47. The van der Waals surface area contributed by atoms with Crippen LogP contribution in [0.2, 0.25) is 0 Å². The van der Waals surface area contributed by atoms with Crippen LogP contribution in [0, 0.1) is 13.8 Å². The van der Waals surface area contributed by atoms with Crippen LogP contribution in [0.5, 0.6) is 0 Å². The number of aromatic amines is 1. The highest BCUT2D eigenvalue weighted by Gasteiger charge is 2.31. The van der Waals surface area contributed by atoms with Gasteiger partial charge in [0.05, 0.1) is 0 Å². The average molecular weight is 381 g/mol. The molecule has 3 rings (SSSR count). The van der Waals surface area contributed by atoms with E-state index in [2.05, 4.69) is 4.98 Å². The lowest BCUT2D eigenvalue weighted by Gasteiger charge is -2.31. The first-order valence-electron chi connectivity index (χ1n) is 9.74. The molecule has 1 aliphatic rings. The van der Waals surface area contributed by atoms with Crippen molar-refractivity contribution in [1.29, 1.82) is 0 Å². The number of aromatic nitrogens is 1. The van der Waals surface area contributed by atoms with Crippen LogP contribution in [0.25, 0.3) is 0 Å². The Bertz CT molecular complexity index is 920. The summed E-state index contributed by atoms with van der Waals surface area (Å²) in [6.07, 6.45) is 1.00. The molecule has 28 heavy (non-hydrogen) atoms. The van der Waals surface area contributed by atoms with E-state index in [1.807, 2.05) is 56.0 Å². The Hall–Kier alpha value is -2.89. The van der Waals surface area contributed by atoms with Crippen molar-refractivity contribution >= 4 is 11.8 Å². The van der Waals surface area contributed by atoms with E-state index >= 15 is 0 Å². The zero-order chi connectivity index (χ0) is 20.3. The molecular formula is C22H27N3O3. The highest BCUT2D eigenvalue weighted by molar-refractivity contribution is 5.94. The lowest BCUT2D eigenvalue weighted by Crippen LogP contribution is -2.44. The number of carbonyl (C=O) groups is 2. The topological polar surface area (TPSA) is 73.5 Å². The highest BCUT2D eigenvalue weighted by Crippen LogP contribution is 2.19. The molecule has 1 unspecified atom stereocenters. The van der Waals surface area contributed by atoms with Crippen molar-refractivity contribution in [2.24, 2.45) is 0 Å². The molecule has 1 aliphatic heterocycles. The molecule has 1 fully saturated rings. The molecule has 0 spiro atoms. The first kappa shape index (κ1) is 19.9. The van der Waals surface area contributed by atoms with Crippen molar-refractivity contribution in [2.45, 2.75) is 46.2 Å². The van der Waals surface area contributed by atoms with E-state index in [0.29, 0.717) is 19.6 Å². The maximum Gasteiger partial charge on any atom is 0.261 e. The van der Waals surface area contributed by atoms with Crippen molar-refractivity contribution in [2.75, 3.05) is 13.1 Å². The third-order valence-electron chi connectivity index (χ3n) is 5.47. The van der Waals surface area contributed by atoms with Crippen molar-refractivity contribution in [3.05, 3.63) is 69.1 Å². The second kappa shape index (κ2) is 8.42. The Morgan fingerprint density at radius 1 is 1.18 bits per heavy atom. The first-order valence-corrected chi connectivity index (χ1v) is 9.74. The van der Waals surface area contributed by atoms with E-state index in [0.717, 1.165) is 23.2 Å². The molecule has 0 bridgehead atoms. The number of amides is 2. The van der Waals surface area contributed by atoms with Crippen LogP contribution in [-0.2, 0) is 11.3 Å². The lowest BCUT2D eigenvalue weighted by molar-refractivity contribution is -0.133. The number of hydrogen-bond acceptors (Lipinski definition) is 3. The minimum Gasteiger partial charge on any atom is -0.336 e. The summed E-state index contributed by atoms with van der Waals surface area (Å²) in [6.45, 7) is 6.98. The summed E-state index contributed by atoms with van der Waals surface area (Å²) in [5.74, 6) is -0.267. The molecule has 0 radical (unpaired) electrons. The summed E-state index contributed by atoms with van der Waals surface area (Å²) in [5, 5.41) is 0. The minimum atomic E-state index is -0.377. The molecule has 1 atom stereocenters. The fraction of sp³-hybridized carbons (Fsp3) is 0.409. The molecule has 1 saturated heterocycles. The molecule has 2 amide bonds. The van der Waals surface area contributed by atoms with Crippen LogP contribution < -0.4 is 5.56 Å². The second-order valence-electron chi connectivity index (χ2n) is 7.39. The van der Waals surface area contributed by atoms with E-state index in [4.69, 9.17) is 0 Å². The lowest BCUT2D eigenvalue weighted by atomic mass is 10.1. The second-order valence-corrected chi connectivity index (χ2v) is 7.39. The normalized spacial score (nSPS) is 17.5. The van der Waals surface area contributed by atoms with E-state index in [1.165, 1.54) is 0 Å². The predicted octanol–water partition coefficient (Wildman–Crippen LogP) is 2.65. The largest absolute Gasteiger partial charge is 0.336 e. The Labute approximate surface area is 165 Å². The zero-order valence-corrected chi connectivity index (χ0v) is 16.7. The number of H-pyrrole nitrogens is 1. The Kier molecular flexibility index (Phi) is 5.97. The van der Waals surface area contributed by atoms with Gasteiger partial charge in [0.1, 0.15) is 5.56 Å². The van der Waals surface area contributed by atoms with Gasteiger partial charge in [-0.15, -0.1) is 0 Å². The number of nitrogens with zero attached hydrogens (tertiary/aromatic N) is 2. The Morgan fingerprint density at radius 2 is 1.89 bits per heavy atom. The molecule has 2 heterocycles. The Balaban J connectivity index is 1.84. The highest BCUT2D eigenvalue weighted by atomic mass is 16.2. The van der Waals surface area contributed by atoms with Gasteiger partial charge in [0.2, 0.25) is 5.91 Å². The summed E-state index contributed by atoms with van der Waals surface area (Å²) < 4.78 is 0. The van der Waals surface area contributed by atoms with Gasteiger partial charge in [-0.2, -0.15) is 0 Å². The van der Waals surface area contributed by atoms with E-state index in [-0.39, 0.29) is 35.4 Å². The Morgan fingerprint density at radius 3 is 2.57 bits per heavy atom. The average Bonchev–Trinajstić information content (AvgIpc) is 2.84. The maximum absolute atomic E-state index is 13.0. The van der Waals surface area contributed by atoms with Gasteiger partial charge in [0.15, 0.2) is 0 Å². The van der Waals surface area contributed by atoms with E-state index in [9.17, 15) is 14.4 Å². The smallest absolute Gasteiger partial charge is 0.261 e. The van der Waals surface area contributed by atoms with Crippen LogP contribution in [0.3, 0.4) is 0 Å². The number of carbonyl (C=O) groups excluding carboxylic acids is 2. The quantitative estimate of drug-likeness (QED) is 0.885. The van der Waals surface area contributed by atoms with Crippen LogP contribution in [0.1, 0.15) is 46.9 Å². The van der Waals surface area contributed by atoms with E-state index < -0.39 is 0 Å². The summed E-state index contributed by atoms with van der Waals surface area (Å²) in [7, 11) is 0. The summed E-state index contributed by atoms with van der Waals surface area (Å²) >= 11 is 0. The molecule has 0 aliphatic carbocycles. The molecule has 2 aromatic rings. The molecule has 1 aromatic carbocycles. The standard InChI is InChI=1S/C22H27N3O3/c1-4-18-14-24(22(28)19-12-15(2)16(3)23-21(19)27)11-10-20(26)25(18)13-17-8-6-5-7-9-17/h5-9,12,18H,4,10-11,13-14H2,1-3H3,(H,23,27). The predicted molar refractivity (Wildman–Crippen MR) is 108 cm³/mol. The van der Waals surface area contributed by atoms with Gasteiger partial charge in [0, 0.05) is 37.8 Å². The number of nitrogens with one attached hydrogen (secondary N) is 1. The third kappa shape index (κ3) is 4.16. The van der Waals surface area contributed by atoms with Crippen molar-refractivity contribution in [1.82, 2.24) is 14.8 Å². The molecule has 148 valence electrons. The van der Waals surface area contributed by atoms with Crippen molar-refractivity contribution < 1.29 is 9.59 Å². The fourth-order valence-electron chi connectivity index (χ4n) is 3.61. The monoisotopic (exact) mass is 381 g/mol. The summed E-state index contributed by atoms with van der Waals surface area (Å²) in [5.41, 5.74) is 2.46. The fourth-order valence-corrected chi connectivity index (χ4v) is 3.61. The summed E-state index contributed by atoms with van der Waals surface area (Å²) in [6, 6.07) is 11.4. The van der Waals surface area contributed by atoms with Crippen molar-refractivity contribution in [3.63, 3.8) is 0 Å². The SMILES string of the molecule is CCC1CN(C(=O)c2cc(C)c(C)[nH]c2=O)CCC(=O)N1Cc1ccccc1. The van der Waals surface area contributed by atoms with Crippen molar-refractivity contribution in [3.8, 4) is 0 Å². The first-order chi connectivity index (χ1) is 13.4. The summed E-state index contributed by atoms with van der Waals surface area (Å²) in [4.78, 5) is 44.4. The number of benzene rings is 1. The van der Waals surface area contributed by atoms with Crippen LogP contribution >= 0.6 is 0 Å². The molecule has 1 aromatic heterocycles. The van der Waals surface area contributed by atoms with Gasteiger partial charge in [-0.3, -0.25) is 14.4 Å². The minimum absolute atomic E-state index is 0.0417. The zero-order valence-electron chi connectivity index (χ0n) is 16.7. The number of rotatable bonds is 4. The van der Waals surface area contributed by atoms with Gasteiger partial charge < -0.3 is 14.8 Å². The molecule has 0 saturated carbocycles. The van der Waals surface area contributed by atoms with Gasteiger partial charge in [-0.1, -0.05) is 37.3 Å². The van der Waals surface area contributed by atoms with Gasteiger partial charge in [0.25, 0.3) is 11.5 Å². The van der Waals surface area contributed by atoms with Gasteiger partial charge in [-0.25, -0.2) is 0 Å². The van der Waals surface area contributed by atoms with Crippen LogP contribution in [0.4, 0.5) is 0 Å². The maximum atomic E-state index is 13.0. The number of aryl methyl sites for hydroxylation is 2. The molecule has 1 N–H and O–H groups in total. The number of pyridine rings is 1. The van der Waals surface area contributed by atoms with Gasteiger partial charge in [-0.05, 0) is 37.5 Å². The molecular weight excluding hydrogens is 354 g/mol. The number of hydrogen-bond donors (Lipinski definition) is 1. The molecule has 6 heteroatoms. The molecule has 6 nitrogen and oxygen atoms in total. The van der Waals surface area contributed by atoms with Crippen LogP contribution in [0.15, 0.2) is 41.2 Å². The van der Waals surface area contributed by atoms with E-state index in [1.54, 1.807) is 11.0 Å². The van der Waals surface area contributed by atoms with Crippen LogP contribution in [-0.4, -0.2) is 45.7 Å².